The van der Waals surface area contributed by atoms with Crippen LogP contribution in [0.2, 0.25) is 0 Å². The van der Waals surface area contributed by atoms with Crippen molar-refractivity contribution in [3.8, 4) is 0 Å². The molecule has 5 heteroatoms. The molecular weight excluding hydrogens is 268 g/mol. The Balaban J connectivity index is 2.25. The van der Waals surface area contributed by atoms with Crippen molar-refractivity contribution in [2.24, 2.45) is 5.41 Å². The lowest BCUT2D eigenvalue weighted by Gasteiger charge is -2.40. The molecule has 2 fully saturated rings. The number of nitrogens with one attached hydrogen (secondary N) is 1. The van der Waals surface area contributed by atoms with Crippen LogP contribution in [0.15, 0.2) is 0 Å². The van der Waals surface area contributed by atoms with Gasteiger partial charge in [-0.2, -0.15) is 0 Å². The molecule has 1 N–H and O–H groups in total. The Hall–Kier alpha value is -1.39. The standard InChI is InChI=1S/C16H26N2O3/c1-3-5-9-12(8-4-2)18-14(20)16(10-6-7-11-16)13(19)17-15(18)21/h12H,3-11H2,1-2H3,(H,17,19,21). The zero-order valence-corrected chi connectivity index (χ0v) is 13.1. The highest BCUT2D eigenvalue weighted by Crippen LogP contribution is 2.42. The minimum atomic E-state index is -0.966. The van der Waals surface area contributed by atoms with E-state index in [0.29, 0.717) is 12.8 Å². The largest absolute Gasteiger partial charge is 0.331 e. The smallest absolute Gasteiger partial charge is 0.277 e. The molecule has 4 amide bonds. The van der Waals surface area contributed by atoms with E-state index in [1.807, 2.05) is 0 Å². The fourth-order valence-electron chi connectivity index (χ4n) is 3.62. The van der Waals surface area contributed by atoms with E-state index < -0.39 is 11.4 Å². The molecule has 1 saturated carbocycles. The van der Waals surface area contributed by atoms with E-state index in [2.05, 4.69) is 19.2 Å². The minimum absolute atomic E-state index is 0.0759. The maximum atomic E-state index is 12.9. The summed E-state index contributed by atoms with van der Waals surface area (Å²) in [7, 11) is 0. The van der Waals surface area contributed by atoms with Crippen LogP contribution in [-0.2, 0) is 9.59 Å². The van der Waals surface area contributed by atoms with Gasteiger partial charge >= 0.3 is 6.03 Å². The van der Waals surface area contributed by atoms with Crippen molar-refractivity contribution in [2.45, 2.75) is 77.7 Å². The number of hydrogen-bond donors (Lipinski definition) is 1. The second kappa shape index (κ2) is 6.58. The Morgan fingerprint density at radius 3 is 2.33 bits per heavy atom. The number of unbranched alkanes of at least 4 members (excludes halogenated alkanes) is 1. The molecule has 1 unspecified atom stereocenters. The Bertz CT molecular complexity index is 427. The van der Waals surface area contributed by atoms with E-state index in [1.165, 1.54) is 4.90 Å². The molecule has 0 aromatic rings. The van der Waals surface area contributed by atoms with Gasteiger partial charge in [-0.3, -0.25) is 19.8 Å². The van der Waals surface area contributed by atoms with Gasteiger partial charge in [0.1, 0.15) is 5.41 Å². The predicted molar refractivity (Wildman–Crippen MR) is 79.5 cm³/mol. The van der Waals surface area contributed by atoms with E-state index in [4.69, 9.17) is 0 Å². The van der Waals surface area contributed by atoms with E-state index in [0.717, 1.165) is 44.9 Å². The van der Waals surface area contributed by atoms with Gasteiger partial charge in [-0.15, -0.1) is 0 Å². The number of nitrogens with zero attached hydrogens (tertiary/aromatic N) is 1. The van der Waals surface area contributed by atoms with Gasteiger partial charge in [0.15, 0.2) is 0 Å². The van der Waals surface area contributed by atoms with Crippen LogP contribution in [0.5, 0.6) is 0 Å². The monoisotopic (exact) mass is 294 g/mol. The van der Waals surface area contributed by atoms with Crippen LogP contribution in [-0.4, -0.2) is 28.8 Å². The maximum Gasteiger partial charge on any atom is 0.331 e. The van der Waals surface area contributed by atoms with E-state index in [1.54, 1.807) is 0 Å². The lowest BCUT2D eigenvalue weighted by Crippen LogP contribution is -2.65. The van der Waals surface area contributed by atoms with Gasteiger partial charge < -0.3 is 0 Å². The van der Waals surface area contributed by atoms with Gasteiger partial charge in [0.05, 0.1) is 0 Å². The molecular formula is C16H26N2O3. The number of carbonyl (C=O) groups excluding carboxylic acids is 3. The summed E-state index contributed by atoms with van der Waals surface area (Å²) in [5.41, 5.74) is -0.966. The average molecular weight is 294 g/mol. The number of carbonyl (C=O) groups is 3. The second-order valence-corrected chi connectivity index (χ2v) is 6.31. The zero-order chi connectivity index (χ0) is 15.5. The molecule has 0 radical (unpaired) electrons. The third-order valence-corrected chi connectivity index (χ3v) is 4.84. The summed E-state index contributed by atoms with van der Waals surface area (Å²) in [4.78, 5) is 38.7. The lowest BCUT2D eigenvalue weighted by atomic mass is 9.81. The molecule has 5 nitrogen and oxygen atoms in total. The molecule has 0 aromatic heterocycles. The first-order chi connectivity index (χ1) is 10.1. The Morgan fingerprint density at radius 2 is 1.76 bits per heavy atom. The molecule has 0 aromatic carbocycles. The third-order valence-electron chi connectivity index (χ3n) is 4.84. The van der Waals surface area contributed by atoms with Crippen LogP contribution in [0.1, 0.15) is 71.6 Å². The summed E-state index contributed by atoms with van der Waals surface area (Å²) in [5.74, 6) is -0.625. The van der Waals surface area contributed by atoms with Gasteiger partial charge in [-0.05, 0) is 25.7 Å². The topological polar surface area (TPSA) is 66.5 Å². The molecule has 1 atom stereocenters. The average Bonchev–Trinajstić information content (AvgIpc) is 2.94. The SMILES string of the molecule is CCCCC(CCC)N1C(=O)NC(=O)C2(CCCC2)C1=O. The Labute approximate surface area is 126 Å². The van der Waals surface area contributed by atoms with Crippen molar-refractivity contribution in [1.82, 2.24) is 10.2 Å². The van der Waals surface area contributed by atoms with Crippen LogP contribution in [0.3, 0.4) is 0 Å². The molecule has 1 aliphatic heterocycles. The predicted octanol–water partition coefficient (Wildman–Crippen LogP) is 2.98. The molecule has 0 bridgehead atoms. The van der Waals surface area contributed by atoms with Gasteiger partial charge in [0.25, 0.3) is 0 Å². The van der Waals surface area contributed by atoms with Crippen molar-refractivity contribution in [3.05, 3.63) is 0 Å². The summed E-state index contributed by atoms with van der Waals surface area (Å²) in [5, 5.41) is 2.44. The first-order valence-corrected chi connectivity index (χ1v) is 8.26. The van der Waals surface area contributed by atoms with Crippen molar-refractivity contribution < 1.29 is 14.4 Å². The minimum Gasteiger partial charge on any atom is -0.277 e. The highest BCUT2D eigenvalue weighted by molar-refractivity contribution is 6.19. The van der Waals surface area contributed by atoms with Crippen molar-refractivity contribution in [1.29, 1.82) is 0 Å². The molecule has 2 rings (SSSR count). The van der Waals surface area contributed by atoms with Crippen molar-refractivity contribution >= 4 is 17.8 Å². The fourth-order valence-corrected chi connectivity index (χ4v) is 3.62. The second-order valence-electron chi connectivity index (χ2n) is 6.31. The summed E-state index contributed by atoms with van der Waals surface area (Å²) < 4.78 is 0. The molecule has 1 heterocycles. The molecule has 1 saturated heterocycles. The number of barbiturate groups is 1. The van der Waals surface area contributed by atoms with Gasteiger partial charge in [0, 0.05) is 6.04 Å². The highest BCUT2D eigenvalue weighted by atomic mass is 16.2. The Morgan fingerprint density at radius 1 is 1.10 bits per heavy atom. The fraction of sp³-hybridized carbons (Fsp3) is 0.812. The van der Waals surface area contributed by atoms with Gasteiger partial charge in [-0.25, -0.2) is 4.79 Å². The highest BCUT2D eigenvalue weighted by Gasteiger charge is 2.56. The van der Waals surface area contributed by atoms with Crippen molar-refractivity contribution in [2.75, 3.05) is 0 Å². The first-order valence-electron chi connectivity index (χ1n) is 8.26. The molecule has 2 aliphatic rings. The quantitative estimate of drug-likeness (QED) is 0.766. The van der Waals surface area contributed by atoms with Crippen LogP contribution in [0, 0.1) is 5.41 Å². The summed E-state index contributed by atoms with van der Waals surface area (Å²) in [6.07, 6.45) is 7.51. The van der Waals surface area contributed by atoms with E-state index >= 15 is 0 Å². The van der Waals surface area contributed by atoms with Crippen LogP contribution < -0.4 is 5.32 Å². The first kappa shape index (κ1) is 16.0. The number of imide groups is 2. The normalized spacial score (nSPS) is 22.8. The third kappa shape index (κ3) is 2.83. The van der Waals surface area contributed by atoms with E-state index in [9.17, 15) is 14.4 Å². The van der Waals surface area contributed by atoms with Gasteiger partial charge in [0.2, 0.25) is 11.8 Å². The van der Waals surface area contributed by atoms with Crippen LogP contribution in [0.25, 0.3) is 0 Å². The number of amides is 4. The summed E-state index contributed by atoms with van der Waals surface area (Å²) >= 11 is 0. The summed E-state index contributed by atoms with van der Waals surface area (Å²) in [6.45, 7) is 4.16. The molecule has 1 aliphatic carbocycles. The van der Waals surface area contributed by atoms with E-state index in [-0.39, 0.29) is 17.9 Å². The molecule has 1 spiro atoms. The molecule has 21 heavy (non-hydrogen) atoms. The van der Waals surface area contributed by atoms with Crippen LogP contribution in [0.4, 0.5) is 4.79 Å². The maximum absolute atomic E-state index is 12.9. The Kier molecular flexibility index (Phi) is 5.01. The number of rotatable bonds is 6. The van der Waals surface area contributed by atoms with Crippen LogP contribution >= 0.6 is 0 Å². The lowest BCUT2D eigenvalue weighted by molar-refractivity contribution is -0.152. The summed E-state index contributed by atoms with van der Waals surface area (Å²) in [6, 6.07) is -0.592. The van der Waals surface area contributed by atoms with Gasteiger partial charge in [-0.1, -0.05) is 46.0 Å². The molecule has 118 valence electrons. The number of urea groups is 1. The van der Waals surface area contributed by atoms with Crippen molar-refractivity contribution in [3.63, 3.8) is 0 Å². The number of hydrogen-bond acceptors (Lipinski definition) is 3. The zero-order valence-electron chi connectivity index (χ0n) is 13.1.